The van der Waals surface area contributed by atoms with Crippen molar-refractivity contribution in [2.75, 3.05) is 13.1 Å². The first-order chi connectivity index (χ1) is 16.4. The molecule has 0 saturated heterocycles. The van der Waals surface area contributed by atoms with Crippen LogP contribution in [0.4, 0.5) is 0 Å². The summed E-state index contributed by atoms with van der Waals surface area (Å²) in [5, 5.41) is 8.87. The summed E-state index contributed by atoms with van der Waals surface area (Å²) in [6.07, 6.45) is 0. The zero-order valence-corrected chi connectivity index (χ0v) is 21.0. The van der Waals surface area contributed by atoms with Gasteiger partial charge in [0.15, 0.2) is 0 Å². The van der Waals surface area contributed by atoms with E-state index in [4.69, 9.17) is 4.42 Å². The third kappa shape index (κ3) is 5.09. The van der Waals surface area contributed by atoms with E-state index in [1.165, 1.54) is 27.2 Å². The summed E-state index contributed by atoms with van der Waals surface area (Å²) in [6.45, 7) is 6.55. The number of aryl methyl sites for hydroxylation is 1. The largest absolute Gasteiger partial charge is 0.411 e. The van der Waals surface area contributed by atoms with Crippen LogP contribution < -0.4 is 0 Å². The topological polar surface area (TPSA) is 76.3 Å². The van der Waals surface area contributed by atoms with Crippen LogP contribution in [0.3, 0.4) is 0 Å². The quantitative estimate of drug-likeness (QED) is 0.268. The lowest BCUT2D eigenvalue weighted by atomic mass is 10.0. The van der Waals surface area contributed by atoms with E-state index in [-0.39, 0.29) is 16.0 Å². The fraction of sp³-hybridized carbons (Fsp3) is 0.231. The molecule has 0 amide bonds. The number of hydrogen-bond donors (Lipinski definition) is 0. The zero-order valence-electron chi connectivity index (χ0n) is 19.4. The van der Waals surface area contributed by atoms with Crippen molar-refractivity contribution >= 4 is 21.8 Å². The summed E-state index contributed by atoms with van der Waals surface area (Å²) in [5.74, 6) is 0.288. The van der Waals surface area contributed by atoms with Gasteiger partial charge in [0.1, 0.15) is 0 Å². The highest BCUT2D eigenvalue weighted by atomic mass is 32.2. The molecule has 0 N–H and O–H groups in total. The predicted octanol–water partition coefficient (Wildman–Crippen LogP) is 5.96. The first kappa shape index (κ1) is 24.2. The molecular formula is C26H27N3O3S2. The van der Waals surface area contributed by atoms with E-state index in [0.29, 0.717) is 23.9 Å². The van der Waals surface area contributed by atoms with Gasteiger partial charge >= 0.3 is 0 Å². The molecule has 176 valence electrons. The molecule has 8 heteroatoms. The summed E-state index contributed by atoms with van der Waals surface area (Å²) >= 11 is 1.48. The molecular weight excluding hydrogens is 466 g/mol. The average molecular weight is 494 g/mol. The fourth-order valence-corrected chi connectivity index (χ4v) is 6.40. The van der Waals surface area contributed by atoms with Crippen molar-refractivity contribution in [3.8, 4) is 11.5 Å². The van der Waals surface area contributed by atoms with Crippen LogP contribution in [0.25, 0.3) is 11.5 Å². The molecule has 0 aliphatic heterocycles. The molecule has 1 unspecified atom stereocenters. The molecule has 3 aromatic carbocycles. The van der Waals surface area contributed by atoms with Gasteiger partial charge in [0.25, 0.3) is 5.22 Å². The lowest BCUT2D eigenvalue weighted by molar-refractivity contribution is 0.445. The molecule has 1 aromatic heterocycles. The van der Waals surface area contributed by atoms with Gasteiger partial charge in [0, 0.05) is 18.7 Å². The highest BCUT2D eigenvalue weighted by molar-refractivity contribution is 7.99. The number of benzene rings is 3. The van der Waals surface area contributed by atoms with Gasteiger partial charge in [-0.25, -0.2) is 8.42 Å². The summed E-state index contributed by atoms with van der Waals surface area (Å²) in [6, 6.07) is 25.1. The molecule has 6 nitrogen and oxygen atoms in total. The minimum absolute atomic E-state index is 0.0231. The van der Waals surface area contributed by atoms with Gasteiger partial charge in [-0.3, -0.25) is 0 Å². The summed E-state index contributed by atoms with van der Waals surface area (Å²) in [7, 11) is -3.58. The Bertz CT molecular complexity index is 1350. The highest BCUT2D eigenvalue weighted by Crippen LogP contribution is 2.41. The molecule has 0 spiro atoms. The van der Waals surface area contributed by atoms with Crippen molar-refractivity contribution in [1.82, 2.24) is 14.5 Å². The predicted molar refractivity (Wildman–Crippen MR) is 135 cm³/mol. The van der Waals surface area contributed by atoms with E-state index in [1.807, 2.05) is 44.2 Å². The number of rotatable bonds is 9. The third-order valence-electron chi connectivity index (χ3n) is 5.62. The summed E-state index contributed by atoms with van der Waals surface area (Å²) < 4.78 is 33.3. The third-order valence-corrected chi connectivity index (χ3v) is 8.80. The van der Waals surface area contributed by atoms with Crippen LogP contribution in [-0.2, 0) is 10.0 Å². The Balaban J connectivity index is 1.65. The standard InChI is InChI=1S/C26H27N3O3S2/c1-4-29(5-2)34(30,31)22-16-11-15-21(18-22)25-27-28-26(32-25)33-24(20-13-7-6-8-14-20)23-17-10-9-12-19(23)3/h6-18,24H,4-5H2,1-3H3. The Labute approximate surface area is 205 Å². The first-order valence-corrected chi connectivity index (χ1v) is 13.5. The molecule has 0 bridgehead atoms. The molecule has 1 heterocycles. The Morgan fingerprint density at radius 2 is 1.62 bits per heavy atom. The maximum Gasteiger partial charge on any atom is 0.277 e. The van der Waals surface area contributed by atoms with E-state index in [9.17, 15) is 8.42 Å². The van der Waals surface area contributed by atoms with E-state index < -0.39 is 10.0 Å². The molecule has 4 rings (SSSR count). The van der Waals surface area contributed by atoms with Crippen LogP contribution in [0.5, 0.6) is 0 Å². The van der Waals surface area contributed by atoms with Crippen LogP contribution in [0.2, 0.25) is 0 Å². The molecule has 0 fully saturated rings. The highest BCUT2D eigenvalue weighted by Gasteiger charge is 2.24. The van der Waals surface area contributed by atoms with Crippen LogP contribution in [0, 0.1) is 6.92 Å². The number of hydrogen-bond acceptors (Lipinski definition) is 6. The molecule has 4 aromatic rings. The smallest absolute Gasteiger partial charge is 0.277 e. The number of thioether (sulfide) groups is 1. The van der Waals surface area contributed by atoms with E-state index in [0.717, 1.165) is 5.56 Å². The van der Waals surface area contributed by atoms with Gasteiger partial charge in [0.2, 0.25) is 15.9 Å². The molecule has 0 aliphatic carbocycles. The average Bonchev–Trinajstić information content (AvgIpc) is 3.33. The SMILES string of the molecule is CCN(CC)S(=O)(=O)c1cccc(-c2nnc(SC(c3ccccc3)c3ccccc3C)o2)c1. The minimum Gasteiger partial charge on any atom is -0.411 e. The van der Waals surface area contributed by atoms with E-state index in [2.05, 4.69) is 41.4 Å². The van der Waals surface area contributed by atoms with Gasteiger partial charge in [-0.15, -0.1) is 10.2 Å². The van der Waals surface area contributed by atoms with Crippen LogP contribution in [0.1, 0.15) is 35.8 Å². The lowest BCUT2D eigenvalue weighted by Crippen LogP contribution is -2.30. The maximum atomic E-state index is 12.9. The van der Waals surface area contributed by atoms with Crippen molar-refractivity contribution in [3.05, 3.63) is 95.6 Å². The fourth-order valence-electron chi connectivity index (χ4n) is 3.80. The zero-order chi connectivity index (χ0) is 24.1. The maximum absolute atomic E-state index is 12.9. The Hall–Kier alpha value is -2.94. The Kier molecular flexibility index (Phi) is 7.50. The van der Waals surface area contributed by atoms with Crippen molar-refractivity contribution < 1.29 is 12.8 Å². The first-order valence-electron chi connectivity index (χ1n) is 11.1. The molecule has 34 heavy (non-hydrogen) atoms. The molecule has 0 saturated carbocycles. The van der Waals surface area contributed by atoms with Gasteiger partial charge in [-0.1, -0.05) is 86.3 Å². The molecule has 0 aliphatic rings. The van der Waals surface area contributed by atoms with Crippen LogP contribution in [0.15, 0.2) is 93.4 Å². The van der Waals surface area contributed by atoms with Crippen LogP contribution in [-0.4, -0.2) is 36.0 Å². The van der Waals surface area contributed by atoms with Crippen LogP contribution >= 0.6 is 11.8 Å². The Morgan fingerprint density at radius 3 is 2.32 bits per heavy atom. The lowest BCUT2D eigenvalue weighted by Gasteiger charge is -2.18. The van der Waals surface area contributed by atoms with Gasteiger partial charge in [-0.2, -0.15) is 4.31 Å². The van der Waals surface area contributed by atoms with E-state index >= 15 is 0 Å². The Morgan fingerprint density at radius 1 is 0.912 bits per heavy atom. The normalized spacial score (nSPS) is 12.7. The van der Waals surface area contributed by atoms with Crippen molar-refractivity contribution in [3.63, 3.8) is 0 Å². The number of aromatic nitrogens is 2. The van der Waals surface area contributed by atoms with Gasteiger partial charge in [0.05, 0.1) is 10.1 Å². The summed E-state index contributed by atoms with van der Waals surface area (Å²) in [5.41, 5.74) is 4.05. The van der Waals surface area contributed by atoms with Gasteiger partial charge < -0.3 is 4.42 Å². The molecule has 0 radical (unpaired) electrons. The minimum atomic E-state index is -3.58. The second-order valence-electron chi connectivity index (χ2n) is 7.76. The second-order valence-corrected chi connectivity index (χ2v) is 10.7. The number of sulfonamides is 1. The van der Waals surface area contributed by atoms with Crippen molar-refractivity contribution in [1.29, 1.82) is 0 Å². The van der Waals surface area contributed by atoms with E-state index in [1.54, 1.807) is 24.3 Å². The number of nitrogens with zero attached hydrogens (tertiary/aromatic N) is 3. The molecule has 1 atom stereocenters. The second kappa shape index (κ2) is 10.5. The van der Waals surface area contributed by atoms with Crippen molar-refractivity contribution in [2.45, 2.75) is 36.1 Å². The monoisotopic (exact) mass is 493 g/mol. The van der Waals surface area contributed by atoms with Crippen molar-refractivity contribution in [2.24, 2.45) is 0 Å². The summed E-state index contributed by atoms with van der Waals surface area (Å²) in [4.78, 5) is 0.211. The van der Waals surface area contributed by atoms with Gasteiger partial charge in [-0.05, 0) is 41.8 Å².